The van der Waals surface area contributed by atoms with Gasteiger partial charge in [0.05, 0.1) is 10.8 Å². The average Bonchev–Trinajstić information content (AvgIpc) is 2.58. The van der Waals surface area contributed by atoms with Gasteiger partial charge in [-0.05, 0) is 20.8 Å². The van der Waals surface area contributed by atoms with Gasteiger partial charge in [-0.25, -0.2) is 5.26 Å². The van der Waals surface area contributed by atoms with Crippen molar-refractivity contribution in [3.63, 3.8) is 0 Å². The van der Waals surface area contributed by atoms with E-state index in [1.807, 2.05) is 6.07 Å². The Morgan fingerprint density at radius 1 is 1.26 bits per heavy atom. The molecule has 0 bridgehead atoms. The Morgan fingerprint density at radius 3 is 2.35 bits per heavy atom. The van der Waals surface area contributed by atoms with Gasteiger partial charge in [0, 0.05) is 45.2 Å². The number of rotatable bonds is 3. The SMILES string of the molecule is Cc1[c-]c(N2C(=O)C(C)(C)C(C)(CC=O)C2=O)ccc1C#N.[Y]. The van der Waals surface area contributed by atoms with Crippen molar-refractivity contribution in [3.8, 4) is 6.07 Å². The van der Waals surface area contributed by atoms with E-state index >= 15 is 0 Å². The predicted octanol–water partition coefficient (Wildman–Crippen LogP) is 2.16. The fourth-order valence-corrected chi connectivity index (χ4v) is 2.69. The van der Waals surface area contributed by atoms with Gasteiger partial charge in [0.25, 0.3) is 0 Å². The fraction of sp³-hybridized carbons (Fsp3) is 0.412. The molecule has 0 saturated carbocycles. The molecular weight excluding hydrogens is 369 g/mol. The van der Waals surface area contributed by atoms with E-state index in [9.17, 15) is 14.4 Å². The van der Waals surface area contributed by atoms with Gasteiger partial charge in [-0.15, -0.1) is 11.6 Å². The van der Waals surface area contributed by atoms with Crippen LogP contribution in [0.5, 0.6) is 0 Å². The molecule has 1 saturated heterocycles. The number of nitrogens with zero attached hydrogens (tertiary/aromatic N) is 2. The molecule has 1 aromatic rings. The van der Waals surface area contributed by atoms with Crippen molar-refractivity contribution in [2.45, 2.75) is 34.1 Å². The first-order valence-corrected chi connectivity index (χ1v) is 6.96. The van der Waals surface area contributed by atoms with E-state index in [0.717, 1.165) is 4.90 Å². The molecule has 23 heavy (non-hydrogen) atoms. The number of aldehydes is 1. The Labute approximate surface area is 160 Å². The molecule has 1 radical (unpaired) electrons. The maximum absolute atomic E-state index is 12.8. The van der Waals surface area contributed by atoms with E-state index in [-0.39, 0.29) is 45.0 Å². The molecule has 1 atom stereocenters. The summed E-state index contributed by atoms with van der Waals surface area (Å²) in [5.74, 6) is -0.767. The topological polar surface area (TPSA) is 78.2 Å². The summed E-state index contributed by atoms with van der Waals surface area (Å²) in [4.78, 5) is 37.5. The molecule has 2 rings (SSSR count). The molecule has 5 nitrogen and oxygen atoms in total. The van der Waals surface area contributed by atoms with Gasteiger partial charge < -0.3 is 4.79 Å². The normalized spacial score (nSPS) is 22.5. The smallest absolute Gasteiger partial charge is 0.239 e. The molecule has 2 amide bonds. The van der Waals surface area contributed by atoms with Gasteiger partial charge in [-0.2, -0.15) is 12.1 Å². The molecule has 0 N–H and O–H groups in total. The van der Waals surface area contributed by atoms with E-state index in [2.05, 4.69) is 6.07 Å². The third-order valence-corrected chi connectivity index (χ3v) is 4.77. The van der Waals surface area contributed by atoms with Crippen molar-refractivity contribution < 1.29 is 47.1 Å². The van der Waals surface area contributed by atoms with Gasteiger partial charge in [-0.3, -0.25) is 14.5 Å². The molecular formula is C17H17N2O3Y-. The first kappa shape index (κ1) is 19.7. The minimum Gasteiger partial charge on any atom is -0.303 e. The Bertz CT molecular complexity index is 721. The number of anilines is 1. The number of aryl methyl sites for hydroxylation is 1. The first-order chi connectivity index (χ1) is 10.2. The molecule has 1 unspecified atom stereocenters. The summed E-state index contributed by atoms with van der Waals surface area (Å²) in [5, 5.41) is 8.96. The van der Waals surface area contributed by atoms with Crippen LogP contribution in [-0.4, -0.2) is 18.1 Å². The molecule has 0 spiro atoms. The molecule has 117 valence electrons. The van der Waals surface area contributed by atoms with Crippen molar-refractivity contribution in [2.75, 3.05) is 4.90 Å². The van der Waals surface area contributed by atoms with Crippen LogP contribution in [-0.2, 0) is 47.1 Å². The number of benzene rings is 1. The van der Waals surface area contributed by atoms with Gasteiger partial charge in [0.15, 0.2) is 0 Å². The molecule has 1 fully saturated rings. The maximum atomic E-state index is 12.8. The van der Waals surface area contributed by atoms with Crippen molar-refractivity contribution in [1.29, 1.82) is 5.26 Å². The van der Waals surface area contributed by atoms with Crippen molar-refractivity contribution in [3.05, 3.63) is 29.3 Å². The third kappa shape index (κ3) is 2.79. The number of hydrogen-bond donors (Lipinski definition) is 0. The molecule has 1 heterocycles. The van der Waals surface area contributed by atoms with Crippen LogP contribution >= 0.6 is 0 Å². The van der Waals surface area contributed by atoms with Crippen LogP contribution in [0.15, 0.2) is 12.1 Å². The van der Waals surface area contributed by atoms with E-state index in [0.29, 0.717) is 23.1 Å². The Kier molecular flexibility index (Phi) is 5.67. The van der Waals surface area contributed by atoms with Crippen molar-refractivity contribution in [1.82, 2.24) is 0 Å². The molecule has 1 aliphatic heterocycles. The zero-order chi connectivity index (χ0) is 16.7. The number of hydrogen-bond acceptors (Lipinski definition) is 4. The summed E-state index contributed by atoms with van der Waals surface area (Å²) in [6.45, 7) is 6.68. The van der Waals surface area contributed by atoms with Crippen LogP contribution in [0.3, 0.4) is 0 Å². The zero-order valence-corrected chi connectivity index (χ0v) is 16.5. The first-order valence-electron chi connectivity index (χ1n) is 6.96. The van der Waals surface area contributed by atoms with Gasteiger partial charge >= 0.3 is 0 Å². The quantitative estimate of drug-likeness (QED) is 0.453. The monoisotopic (exact) mass is 386 g/mol. The average molecular weight is 386 g/mol. The second-order valence-corrected chi connectivity index (χ2v) is 6.27. The summed E-state index contributed by atoms with van der Waals surface area (Å²) in [6, 6.07) is 8.03. The van der Waals surface area contributed by atoms with Gasteiger partial charge in [0.1, 0.15) is 6.29 Å². The van der Waals surface area contributed by atoms with Crippen LogP contribution in [0.25, 0.3) is 0 Å². The largest absolute Gasteiger partial charge is 0.303 e. The summed E-state index contributed by atoms with van der Waals surface area (Å²) in [6.07, 6.45) is 0.653. The number of amides is 2. The van der Waals surface area contributed by atoms with Crippen LogP contribution in [0, 0.1) is 35.2 Å². The Morgan fingerprint density at radius 2 is 1.87 bits per heavy atom. The Balaban J connectivity index is 0.00000264. The number of carbonyl (C=O) groups excluding carboxylic acids is 3. The Hall–Kier alpha value is -1.38. The fourth-order valence-electron chi connectivity index (χ4n) is 2.69. The van der Waals surface area contributed by atoms with E-state index in [1.54, 1.807) is 33.8 Å². The van der Waals surface area contributed by atoms with Crippen LogP contribution in [0.4, 0.5) is 5.69 Å². The van der Waals surface area contributed by atoms with Crippen LogP contribution < -0.4 is 4.90 Å². The van der Waals surface area contributed by atoms with Crippen LogP contribution in [0.1, 0.15) is 38.3 Å². The number of nitriles is 1. The molecule has 1 aliphatic rings. The number of imide groups is 1. The van der Waals surface area contributed by atoms with Gasteiger partial charge in [0.2, 0.25) is 11.8 Å². The predicted molar refractivity (Wildman–Crippen MR) is 79.8 cm³/mol. The molecule has 0 aliphatic carbocycles. The summed E-state index contributed by atoms with van der Waals surface area (Å²) >= 11 is 0. The van der Waals surface area contributed by atoms with Crippen molar-refractivity contribution >= 4 is 23.8 Å². The zero-order valence-electron chi connectivity index (χ0n) is 13.6. The molecule has 1 aromatic carbocycles. The van der Waals surface area contributed by atoms with E-state index in [1.165, 1.54) is 6.07 Å². The summed E-state index contributed by atoms with van der Waals surface area (Å²) in [5.41, 5.74) is -0.739. The molecule has 6 heteroatoms. The minimum absolute atomic E-state index is 0. The summed E-state index contributed by atoms with van der Waals surface area (Å²) < 4.78 is 0. The second kappa shape index (κ2) is 6.63. The standard InChI is InChI=1S/C17H17N2O3.Y/c1-11-9-13(6-5-12(11)10-18)19-14(21)16(2,3)17(4,7-8-20)15(19)22;/h5-6,8H,7H2,1-4H3;/q-1;. The minimum atomic E-state index is -1.08. The maximum Gasteiger partial charge on any atom is 0.239 e. The number of carbonyl (C=O) groups is 3. The van der Waals surface area contributed by atoms with Crippen molar-refractivity contribution in [2.24, 2.45) is 10.8 Å². The van der Waals surface area contributed by atoms with Crippen LogP contribution in [0.2, 0.25) is 0 Å². The second-order valence-electron chi connectivity index (χ2n) is 6.27. The van der Waals surface area contributed by atoms with Gasteiger partial charge in [-0.1, -0.05) is 18.2 Å². The van der Waals surface area contributed by atoms with E-state index in [4.69, 9.17) is 5.26 Å². The molecule has 0 aromatic heterocycles. The summed E-state index contributed by atoms with van der Waals surface area (Å²) in [7, 11) is 0. The third-order valence-electron chi connectivity index (χ3n) is 4.77. The van der Waals surface area contributed by atoms with E-state index < -0.39 is 16.7 Å².